The van der Waals surface area contributed by atoms with Gasteiger partial charge in [-0.2, -0.15) is 22.8 Å². The largest absolute Gasteiger partial charge is 0.480 e. The lowest BCUT2D eigenvalue weighted by Gasteiger charge is -2.06. The Labute approximate surface area is 160 Å². The quantitative estimate of drug-likeness (QED) is 0.653. The molecule has 1 aliphatic heterocycles. The molecule has 1 saturated heterocycles. The average molecular weight is 406 g/mol. The minimum absolute atomic E-state index is 0.0850. The van der Waals surface area contributed by atoms with E-state index in [9.17, 15) is 22.8 Å². The number of carbonyl (C=O) groups is 1. The molecule has 8 nitrogen and oxygen atoms in total. The third-order valence-electron chi connectivity index (χ3n) is 4.46. The van der Waals surface area contributed by atoms with Crippen LogP contribution in [0.15, 0.2) is 35.1 Å². The van der Waals surface area contributed by atoms with Crippen molar-refractivity contribution in [1.82, 2.24) is 19.9 Å². The van der Waals surface area contributed by atoms with Crippen LogP contribution in [-0.4, -0.2) is 38.3 Å². The second kappa shape index (κ2) is 6.47. The van der Waals surface area contributed by atoms with Gasteiger partial charge < -0.3 is 15.2 Å². The van der Waals surface area contributed by atoms with Crippen LogP contribution in [-0.2, 0) is 15.7 Å². The number of nitrogens with zero attached hydrogens (tertiary/aromatic N) is 3. The van der Waals surface area contributed by atoms with Gasteiger partial charge in [0.2, 0.25) is 5.88 Å². The number of halogens is 3. The number of aromatic nitrogens is 3. The standard InChI is InChI=1S/C18H13F3N4O4/c1-8-11(15-23-10(7-29-15)17(27)28)16(26)25-14(22-8)12(9-5-3-2-4-6-9)13(24-25)18(19,20)21/h2-6,10,23H,7H2,1H3,(H,27,28). The number of aliphatic carboxylic acids is 1. The Morgan fingerprint density at radius 3 is 2.59 bits per heavy atom. The summed E-state index contributed by atoms with van der Waals surface area (Å²) in [5, 5.41) is 14.9. The molecule has 1 atom stereocenters. The summed E-state index contributed by atoms with van der Waals surface area (Å²) in [5.41, 5.74) is -2.39. The first kappa shape index (κ1) is 18.7. The second-order valence-electron chi connectivity index (χ2n) is 6.38. The molecule has 0 aliphatic carbocycles. The number of hydrogen-bond donors (Lipinski definition) is 2. The zero-order chi connectivity index (χ0) is 20.9. The highest BCUT2D eigenvalue weighted by Crippen LogP contribution is 2.37. The zero-order valence-electron chi connectivity index (χ0n) is 14.8. The highest BCUT2D eigenvalue weighted by molar-refractivity contribution is 5.80. The molecule has 2 aromatic heterocycles. The fraction of sp³-hybridized carbons (Fsp3) is 0.222. The lowest BCUT2D eigenvalue weighted by molar-refractivity contribution is -0.141. The number of benzene rings is 1. The van der Waals surface area contributed by atoms with E-state index < -0.39 is 29.4 Å². The molecule has 1 unspecified atom stereocenters. The molecule has 1 aromatic carbocycles. The number of nitrogens with one attached hydrogen (secondary N) is 1. The predicted octanol–water partition coefficient (Wildman–Crippen LogP) is 0.941. The zero-order valence-corrected chi connectivity index (χ0v) is 14.8. The maximum atomic E-state index is 13.6. The molecule has 0 bridgehead atoms. The number of carboxylic acid groups (broad SMARTS) is 1. The molecule has 0 spiro atoms. The van der Waals surface area contributed by atoms with Crippen LogP contribution in [0, 0.1) is 6.92 Å². The number of aryl methyl sites for hydroxylation is 1. The number of alkyl halides is 3. The molecule has 3 heterocycles. The third-order valence-corrected chi connectivity index (χ3v) is 4.46. The Kier molecular flexibility index (Phi) is 4.17. The van der Waals surface area contributed by atoms with Gasteiger partial charge in [0.1, 0.15) is 11.8 Å². The molecular weight excluding hydrogens is 393 g/mol. The molecule has 3 aromatic rings. The normalized spacial score (nSPS) is 18.6. The van der Waals surface area contributed by atoms with E-state index in [0.717, 1.165) is 0 Å². The smallest absolute Gasteiger partial charge is 0.435 e. The maximum absolute atomic E-state index is 13.6. The van der Waals surface area contributed by atoms with Crippen molar-refractivity contribution in [3.63, 3.8) is 0 Å². The lowest BCUT2D eigenvalue weighted by atomic mass is 10.1. The van der Waals surface area contributed by atoms with Gasteiger partial charge in [-0.1, -0.05) is 30.3 Å². The van der Waals surface area contributed by atoms with Gasteiger partial charge in [0.15, 0.2) is 17.4 Å². The van der Waals surface area contributed by atoms with Crippen molar-refractivity contribution in [3.05, 3.63) is 57.3 Å². The Bertz CT molecular complexity index is 1240. The van der Waals surface area contributed by atoms with Crippen LogP contribution in [0.25, 0.3) is 22.7 Å². The van der Waals surface area contributed by atoms with Gasteiger partial charge in [0.25, 0.3) is 5.56 Å². The number of ether oxygens (including phenoxy) is 1. The van der Waals surface area contributed by atoms with Crippen LogP contribution in [0.3, 0.4) is 0 Å². The highest BCUT2D eigenvalue weighted by Gasteiger charge is 2.39. The van der Waals surface area contributed by atoms with Gasteiger partial charge >= 0.3 is 12.1 Å². The molecule has 150 valence electrons. The first-order valence-electron chi connectivity index (χ1n) is 8.41. The van der Waals surface area contributed by atoms with Gasteiger partial charge in [0, 0.05) is 0 Å². The maximum Gasteiger partial charge on any atom is 0.435 e. The van der Waals surface area contributed by atoms with Crippen molar-refractivity contribution in [2.24, 2.45) is 0 Å². The van der Waals surface area contributed by atoms with Gasteiger partial charge in [-0.25, -0.2) is 9.78 Å². The molecule has 1 fully saturated rings. The van der Waals surface area contributed by atoms with Crippen molar-refractivity contribution in [2.45, 2.75) is 19.1 Å². The van der Waals surface area contributed by atoms with Crippen LogP contribution in [0.5, 0.6) is 0 Å². The molecule has 0 radical (unpaired) electrons. The van der Waals surface area contributed by atoms with E-state index in [4.69, 9.17) is 9.84 Å². The van der Waals surface area contributed by atoms with E-state index in [-0.39, 0.29) is 40.2 Å². The number of fused-ring (bicyclic) bond motifs is 1. The van der Waals surface area contributed by atoms with Crippen LogP contribution < -0.4 is 16.1 Å². The number of hydrogen-bond acceptors (Lipinski definition) is 6. The fourth-order valence-corrected chi connectivity index (χ4v) is 3.15. The number of rotatable bonds is 2. The van der Waals surface area contributed by atoms with Gasteiger partial charge in [-0.3, -0.25) is 4.79 Å². The first-order valence-corrected chi connectivity index (χ1v) is 8.41. The lowest BCUT2D eigenvalue weighted by Crippen LogP contribution is -2.40. The number of carboxylic acids is 1. The second-order valence-corrected chi connectivity index (χ2v) is 6.38. The molecule has 4 rings (SSSR count). The first-order chi connectivity index (χ1) is 13.7. The van der Waals surface area contributed by atoms with Crippen LogP contribution in [0.1, 0.15) is 11.4 Å². The summed E-state index contributed by atoms with van der Waals surface area (Å²) >= 11 is 0. The summed E-state index contributed by atoms with van der Waals surface area (Å²) in [4.78, 5) is 28.2. The van der Waals surface area contributed by atoms with E-state index in [1.54, 1.807) is 18.2 Å². The van der Waals surface area contributed by atoms with Crippen LogP contribution in [0.4, 0.5) is 13.2 Å². The van der Waals surface area contributed by atoms with Crippen molar-refractivity contribution in [1.29, 1.82) is 0 Å². The molecule has 0 saturated carbocycles. The molecule has 29 heavy (non-hydrogen) atoms. The minimum atomic E-state index is -4.82. The van der Waals surface area contributed by atoms with Crippen LogP contribution in [0.2, 0.25) is 0 Å². The molecule has 0 amide bonds. The Morgan fingerprint density at radius 2 is 2.00 bits per heavy atom. The Hall–Kier alpha value is -3.63. The Morgan fingerprint density at radius 1 is 1.31 bits per heavy atom. The average Bonchev–Trinajstić information content (AvgIpc) is 3.27. The summed E-state index contributed by atoms with van der Waals surface area (Å²) in [5.74, 6) is -1.34. The van der Waals surface area contributed by atoms with Crippen molar-refractivity contribution in [2.75, 3.05) is 6.61 Å². The van der Waals surface area contributed by atoms with E-state index >= 15 is 0 Å². The monoisotopic (exact) mass is 406 g/mol. The van der Waals surface area contributed by atoms with Crippen LogP contribution >= 0.6 is 0 Å². The van der Waals surface area contributed by atoms with Gasteiger partial charge in [-0.05, 0) is 12.5 Å². The summed E-state index contributed by atoms with van der Waals surface area (Å²) < 4.78 is 46.7. The van der Waals surface area contributed by atoms with Crippen molar-refractivity contribution < 1.29 is 27.8 Å². The van der Waals surface area contributed by atoms with E-state index in [1.807, 2.05) is 0 Å². The molecule has 11 heteroatoms. The summed E-state index contributed by atoms with van der Waals surface area (Å²) in [6.07, 6.45) is -4.82. The SMILES string of the molecule is Cc1nc2c(-c3ccccc3)c(C(F)(F)F)nn2c(=O)c1=C1NC(C(=O)O)CO1. The summed E-state index contributed by atoms with van der Waals surface area (Å²) in [6, 6.07) is 6.64. The van der Waals surface area contributed by atoms with E-state index in [2.05, 4.69) is 15.4 Å². The third kappa shape index (κ3) is 3.04. The van der Waals surface area contributed by atoms with Gasteiger partial charge in [-0.15, -0.1) is 0 Å². The Balaban J connectivity index is 2.05. The highest BCUT2D eigenvalue weighted by atomic mass is 19.4. The van der Waals surface area contributed by atoms with Crippen molar-refractivity contribution >= 4 is 17.5 Å². The van der Waals surface area contributed by atoms with Crippen molar-refractivity contribution in [3.8, 4) is 11.1 Å². The molecule has 2 N–H and O–H groups in total. The predicted molar refractivity (Wildman–Crippen MR) is 93.6 cm³/mol. The topological polar surface area (TPSA) is 106 Å². The molecule has 1 aliphatic rings. The summed E-state index contributed by atoms with van der Waals surface area (Å²) in [7, 11) is 0. The molecular formula is C18H13F3N4O4. The van der Waals surface area contributed by atoms with Gasteiger partial charge in [0.05, 0.1) is 11.3 Å². The van der Waals surface area contributed by atoms with E-state index in [0.29, 0.717) is 4.52 Å². The fourth-order valence-electron chi connectivity index (χ4n) is 3.15. The summed E-state index contributed by atoms with van der Waals surface area (Å²) in [6.45, 7) is 1.20. The minimum Gasteiger partial charge on any atom is -0.480 e. The van der Waals surface area contributed by atoms with E-state index in [1.165, 1.54) is 19.1 Å².